The lowest BCUT2D eigenvalue weighted by Crippen LogP contribution is -2.33. The zero-order valence-electron chi connectivity index (χ0n) is 13.7. The Labute approximate surface area is 140 Å². The normalized spacial score (nSPS) is 11.3. The number of halogens is 1. The van der Waals surface area contributed by atoms with E-state index in [4.69, 9.17) is 11.6 Å². The molecular weight excluding hydrogens is 314 g/mol. The molecule has 2 N–H and O–H groups in total. The molecule has 0 aliphatic heterocycles. The molecule has 0 aliphatic carbocycles. The van der Waals surface area contributed by atoms with E-state index in [1.165, 1.54) is 0 Å². The maximum Gasteiger partial charge on any atom is 0.264 e. The molecule has 1 aromatic carbocycles. The molecule has 0 unspecified atom stereocenters. The molecule has 0 aliphatic rings. The number of hydrogen-bond acceptors (Lipinski definition) is 3. The van der Waals surface area contributed by atoms with Gasteiger partial charge in [-0.2, -0.15) is 0 Å². The van der Waals surface area contributed by atoms with Crippen molar-refractivity contribution in [3.63, 3.8) is 0 Å². The van der Waals surface area contributed by atoms with Gasteiger partial charge in [0, 0.05) is 17.0 Å². The molecule has 0 spiro atoms. The highest BCUT2D eigenvalue weighted by Crippen LogP contribution is 2.17. The fourth-order valence-corrected chi connectivity index (χ4v) is 2.34. The topological polar surface area (TPSA) is 74.8 Å². The van der Waals surface area contributed by atoms with Crippen LogP contribution in [0, 0.1) is 6.92 Å². The van der Waals surface area contributed by atoms with Gasteiger partial charge in [0.25, 0.3) is 11.5 Å². The van der Waals surface area contributed by atoms with Crippen LogP contribution in [0.5, 0.6) is 0 Å². The van der Waals surface area contributed by atoms with E-state index in [1.54, 1.807) is 19.1 Å². The van der Waals surface area contributed by atoms with Crippen LogP contribution in [0.25, 0.3) is 0 Å². The Kier molecular flexibility index (Phi) is 4.90. The number of amides is 1. The maximum atomic E-state index is 12.3. The number of nitrogens with zero attached hydrogens (tertiary/aromatic N) is 1. The lowest BCUT2D eigenvalue weighted by molar-refractivity contribution is 0.0948. The molecule has 0 bridgehead atoms. The summed E-state index contributed by atoms with van der Waals surface area (Å²) in [6, 6.07) is 7.18. The number of carbonyl (C=O) groups is 1. The molecule has 2 aromatic rings. The minimum atomic E-state index is -0.448. The van der Waals surface area contributed by atoms with Crippen LogP contribution in [0.4, 0.5) is 0 Å². The van der Waals surface area contributed by atoms with E-state index in [0.29, 0.717) is 23.1 Å². The fraction of sp³-hybridized carbons (Fsp3) is 0.353. The number of rotatable bonds is 3. The third-order valence-electron chi connectivity index (χ3n) is 3.38. The molecule has 0 saturated heterocycles. The molecule has 0 atom stereocenters. The maximum absolute atomic E-state index is 12.3. The van der Waals surface area contributed by atoms with Crippen molar-refractivity contribution in [3.05, 3.63) is 62.3 Å². The molecule has 6 heteroatoms. The van der Waals surface area contributed by atoms with Crippen LogP contribution in [0.1, 0.15) is 48.2 Å². The summed E-state index contributed by atoms with van der Waals surface area (Å²) in [4.78, 5) is 31.6. The molecule has 2 rings (SSSR count). The molecule has 5 nitrogen and oxygen atoms in total. The summed E-state index contributed by atoms with van der Waals surface area (Å²) in [6.07, 6.45) is 0. The Morgan fingerprint density at radius 2 is 2.04 bits per heavy atom. The van der Waals surface area contributed by atoms with Gasteiger partial charge in [-0.15, -0.1) is 0 Å². The van der Waals surface area contributed by atoms with E-state index < -0.39 is 11.5 Å². The van der Waals surface area contributed by atoms with Gasteiger partial charge in [0.1, 0.15) is 11.4 Å². The Balaban J connectivity index is 2.21. The highest BCUT2D eigenvalue weighted by molar-refractivity contribution is 6.30. The summed E-state index contributed by atoms with van der Waals surface area (Å²) in [6.45, 7) is 7.80. The minimum Gasteiger partial charge on any atom is -0.348 e. The van der Waals surface area contributed by atoms with E-state index >= 15 is 0 Å². The number of aromatic nitrogens is 2. The second-order valence-electron chi connectivity index (χ2n) is 6.44. The number of carbonyl (C=O) groups excluding carboxylic acids is 1. The van der Waals surface area contributed by atoms with Crippen LogP contribution < -0.4 is 10.9 Å². The SMILES string of the molecule is Cc1nc(C(C)(C)C)[nH]c(=O)c1C(=O)NCc1cccc(Cl)c1. The Hall–Kier alpha value is -2.14. The van der Waals surface area contributed by atoms with Crippen molar-refractivity contribution in [1.29, 1.82) is 0 Å². The highest BCUT2D eigenvalue weighted by Gasteiger charge is 2.21. The molecule has 0 saturated carbocycles. The molecule has 23 heavy (non-hydrogen) atoms. The lowest BCUT2D eigenvalue weighted by Gasteiger charge is -2.18. The summed E-state index contributed by atoms with van der Waals surface area (Å²) in [5.74, 6) is 0.114. The van der Waals surface area contributed by atoms with Crippen LogP contribution in [-0.2, 0) is 12.0 Å². The molecule has 1 amide bonds. The standard InChI is InChI=1S/C17H20ClN3O2/c1-10-13(15(23)21-16(20-10)17(2,3)4)14(22)19-9-11-6-5-7-12(18)8-11/h5-8H,9H2,1-4H3,(H,19,22)(H,20,21,23). The number of nitrogens with one attached hydrogen (secondary N) is 2. The Morgan fingerprint density at radius 1 is 1.35 bits per heavy atom. The molecule has 122 valence electrons. The van der Waals surface area contributed by atoms with E-state index in [0.717, 1.165) is 5.56 Å². The largest absolute Gasteiger partial charge is 0.348 e. The van der Waals surface area contributed by atoms with Gasteiger partial charge in [-0.3, -0.25) is 9.59 Å². The molecule has 1 aromatic heterocycles. The lowest BCUT2D eigenvalue weighted by atomic mass is 9.95. The fourth-order valence-electron chi connectivity index (χ4n) is 2.13. The van der Waals surface area contributed by atoms with E-state index in [9.17, 15) is 9.59 Å². The van der Waals surface area contributed by atoms with Gasteiger partial charge in [-0.25, -0.2) is 4.98 Å². The molecule has 1 heterocycles. The van der Waals surface area contributed by atoms with Gasteiger partial charge >= 0.3 is 0 Å². The smallest absolute Gasteiger partial charge is 0.264 e. The monoisotopic (exact) mass is 333 g/mol. The van der Waals surface area contributed by atoms with E-state index in [-0.39, 0.29) is 11.0 Å². The first-order valence-electron chi connectivity index (χ1n) is 7.32. The van der Waals surface area contributed by atoms with Gasteiger partial charge in [0.2, 0.25) is 0 Å². The minimum absolute atomic E-state index is 0.0417. The number of aryl methyl sites for hydroxylation is 1. The van der Waals surface area contributed by atoms with Crippen molar-refractivity contribution in [2.45, 2.75) is 39.7 Å². The quantitative estimate of drug-likeness (QED) is 0.906. The second-order valence-corrected chi connectivity index (χ2v) is 6.87. The highest BCUT2D eigenvalue weighted by atomic mass is 35.5. The first-order valence-corrected chi connectivity index (χ1v) is 7.70. The summed E-state index contributed by atoms with van der Waals surface area (Å²) in [5.41, 5.74) is 0.604. The van der Waals surface area contributed by atoms with Crippen molar-refractivity contribution in [1.82, 2.24) is 15.3 Å². The average Bonchev–Trinajstić information content (AvgIpc) is 2.43. The number of H-pyrrole nitrogens is 1. The summed E-state index contributed by atoms with van der Waals surface area (Å²) in [5, 5.41) is 3.32. The van der Waals surface area contributed by atoms with Crippen LogP contribution >= 0.6 is 11.6 Å². The number of hydrogen-bond donors (Lipinski definition) is 2. The average molecular weight is 334 g/mol. The van der Waals surface area contributed by atoms with Crippen LogP contribution in [0.3, 0.4) is 0 Å². The third kappa shape index (κ3) is 4.20. The van der Waals surface area contributed by atoms with Gasteiger partial charge in [-0.05, 0) is 24.6 Å². The van der Waals surface area contributed by atoms with E-state index in [2.05, 4.69) is 15.3 Å². The van der Waals surface area contributed by atoms with Gasteiger partial charge in [-0.1, -0.05) is 44.5 Å². The van der Waals surface area contributed by atoms with Crippen LogP contribution in [0.2, 0.25) is 5.02 Å². The second kappa shape index (κ2) is 6.54. The summed E-state index contributed by atoms with van der Waals surface area (Å²) in [7, 11) is 0. The zero-order chi connectivity index (χ0) is 17.2. The van der Waals surface area contributed by atoms with E-state index in [1.807, 2.05) is 32.9 Å². The van der Waals surface area contributed by atoms with Crippen molar-refractivity contribution >= 4 is 17.5 Å². The van der Waals surface area contributed by atoms with Crippen molar-refractivity contribution in [2.24, 2.45) is 0 Å². The Bertz CT molecular complexity index is 791. The first kappa shape index (κ1) is 17.2. The predicted molar refractivity (Wildman–Crippen MR) is 90.9 cm³/mol. The van der Waals surface area contributed by atoms with Crippen molar-refractivity contribution < 1.29 is 4.79 Å². The molecule has 0 radical (unpaired) electrons. The van der Waals surface area contributed by atoms with Crippen molar-refractivity contribution in [2.75, 3.05) is 0 Å². The summed E-state index contributed by atoms with van der Waals surface area (Å²) < 4.78 is 0. The van der Waals surface area contributed by atoms with Gasteiger partial charge in [0.05, 0.1) is 5.69 Å². The number of aromatic amines is 1. The van der Waals surface area contributed by atoms with Crippen molar-refractivity contribution in [3.8, 4) is 0 Å². The van der Waals surface area contributed by atoms with Gasteiger partial charge in [0.15, 0.2) is 0 Å². The predicted octanol–water partition coefficient (Wildman–Crippen LogP) is 2.96. The first-order chi connectivity index (χ1) is 10.7. The molecular formula is C17H20ClN3O2. The van der Waals surface area contributed by atoms with Gasteiger partial charge < -0.3 is 10.3 Å². The Morgan fingerprint density at radius 3 is 2.61 bits per heavy atom. The zero-order valence-corrected chi connectivity index (χ0v) is 14.4. The molecule has 0 fully saturated rings. The third-order valence-corrected chi connectivity index (χ3v) is 3.61. The van der Waals surface area contributed by atoms with Crippen LogP contribution in [-0.4, -0.2) is 15.9 Å². The van der Waals surface area contributed by atoms with Crippen LogP contribution in [0.15, 0.2) is 29.1 Å². The summed E-state index contributed by atoms with van der Waals surface area (Å²) >= 11 is 5.91. The number of benzene rings is 1.